The standard InChI is InChI=1S/C8H11NO.2C2H6/c9-6-8(10)7-4-2-1-3-5-7;2*1-2/h1-5,8,10H,6,9H2;2*1-2H3. The average molecular weight is 197 g/mol. The quantitative estimate of drug-likeness (QED) is 0.765. The Hall–Kier alpha value is -0.860. The Kier molecular flexibility index (Phi) is 13.5. The van der Waals surface area contributed by atoms with Gasteiger partial charge in [0, 0.05) is 6.54 Å². The van der Waals surface area contributed by atoms with Crippen molar-refractivity contribution in [3.8, 4) is 0 Å². The van der Waals surface area contributed by atoms with E-state index in [0.717, 1.165) is 5.56 Å². The van der Waals surface area contributed by atoms with Crippen molar-refractivity contribution in [1.82, 2.24) is 0 Å². The van der Waals surface area contributed by atoms with E-state index in [1.807, 2.05) is 58.0 Å². The first-order valence-electron chi connectivity index (χ1n) is 5.27. The lowest BCUT2D eigenvalue weighted by Gasteiger charge is -2.05. The van der Waals surface area contributed by atoms with Gasteiger partial charge < -0.3 is 10.8 Å². The summed E-state index contributed by atoms with van der Waals surface area (Å²) >= 11 is 0. The van der Waals surface area contributed by atoms with Crippen LogP contribution in [0.4, 0.5) is 0 Å². The topological polar surface area (TPSA) is 46.2 Å². The molecule has 0 aliphatic rings. The highest BCUT2D eigenvalue weighted by Gasteiger charge is 2.01. The van der Waals surface area contributed by atoms with Crippen LogP contribution in [0, 0.1) is 0 Å². The monoisotopic (exact) mass is 197 g/mol. The molecule has 3 N–H and O–H groups in total. The molecular formula is C12H23NO. The molecule has 1 aromatic rings. The lowest BCUT2D eigenvalue weighted by molar-refractivity contribution is 0.187. The van der Waals surface area contributed by atoms with E-state index in [2.05, 4.69) is 0 Å². The number of aliphatic hydroxyl groups is 1. The Bertz CT molecular complexity index is 187. The molecule has 0 spiro atoms. The van der Waals surface area contributed by atoms with Gasteiger partial charge >= 0.3 is 0 Å². The summed E-state index contributed by atoms with van der Waals surface area (Å²) < 4.78 is 0. The molecule has 0 radical (unpaired) electrons. The highest BCUT2D eigenvalue weighted by Crippen LogP contribution is 2.08. The number of hydrogen-bond acceptors (Lipinski definition) is 2. The Balaban J connectivity index is 0. The molecule has 1 rings (SSSR count). The minimum atomic E-state index is -0.513. The number of aliphatic hydroxyl groups excluding tert-OH is 1. The third-order valence-corrected chi connectivity index (χ3v) is 1.41. The van der Waals surface area contributed by atoms with Gasteiger partial charge in [-0.2, -0.15) is 0 Å². The summed E-state index contributed by atoms with van der Waals surface area (Å²) in [6.45, 7) is 8.28. The third-order valence-electron chi connectivity index (χ3n) is 1.41. The van der Waals surface area contributed by atoms with Gasteiger partial charge in [0.1, 0.15) is 0 Å². The van der Waals surface area contributed by atoms with Crippen LogP contribution in [-0.2, 0) is 0 Å². The predicted molar refractivity (Wildman–Crippen MR) is 63.2 cm³/mol. The smallest absolute Gasteiger partial charge is 0.0912 e. The van der Waals surface area contributed by atoms with E-state index in [-0.39, 0.29) is 6.54 Å². The van der Waals surface area contributed by atoms with Crippen molar-refractivity contribution in [2.75, 3.05) is 6.54 Å². The van der Waals surface area contributed by atoms with Gasteiger partial charge in [-0.3, -0.25) is 0 Å². The van der Waals surface area contributed by atoms with Crippen molar-refractivity contribution in [2.24, 2.45) is 5.73 Å². The zero-order chi connectivity index (χ0) is 11.4. The van der Waals surface area contributed by atoms with E-state index >= 15 is 0 Å². The van der Waals surface area contributed by atoms with Crippen LogP contribution in [0.5, 0.6) is 0 Å². The van der Waals surface area contributed by atoms with Gasteiger partial charge in [0.2, 0.25) is 0 Å². The van der Waals surface area contributed by atoms with Gasteiger partial charge in [0.25, 0.3) is 0 Å². The van der Waals surface area contributed by atoms with E-state index in [9.17, 15) is 5.11 Å². The van der Waals surface area contributed by atoms with Gasteiger partial charge in [-0.1, -0.05) is 58.0 Å². The Morgan fingerprint density at radius 2 is 1.50 bits per heavy atom. The average Bonchev–Trinajstić information content (AvgIpc) is 2.34. The molecule has 0 bridgehead atoms. The maximum absolute atomic E-state index is 9.20. The molecule has 0 heterocycles. The van der Waals surface area contributed by atoms with Crippen LogP contribution in [0.2, 0.25) is 0 Å². The van der Waals surface area contributed by atoms with E-state index in [0.29, 0.717) is 0 Å². The van der Waals surface area contributed by atoms with E-state index < -0.39 is 6.10 Å². The van der Waals surface area contributed by atoms with Gasteiger partial charge in [0.15, 0.2) is 0 Å². The molecule has 82 valence electrons. The summed E-state index contributed by atoms with van der Waals surface area (Å²) in [5.41, 5.74) is 6.13. The summed E-state index contributed by atoms with van der Waals surface area (Å²) in [5.74, 6) is 0. The van der Waals surface area contributed by atoms with E-state index in [4.69, 9.17) is 5.73 Å². The maximum atomic E-state index is 9.20. The molecule has 1 atom stereocenters. The fourth-order valence-corrected chi connectivity index (χ4v) is 0.811. The summed E-state index contributed by atoms with van der Waals surface area (Å²) in [5, 5.41) is 9.20. The van der Waals surface area contributed by atoms with Crippen molar-refractivity contribution < 1.29 is 5.11 Å². The second-order valence-corrected chi connectivity index (χ2v) is 2.16. The first-order valence-corrected chi connectivity index (χ1v) is 5.27. The zero-order valence-electron chi connectivity index (χ0n) is 9.70. The summed E-state index contributed by atoms with van der Waals surface area (Å²) in [7, 11) is 0. The highest BCUT2D eigenvalue weighted by molar-refractivity contribution is 5.17. The number of nitrogens with two attached hydrogens (primary N) is 1. The van der Waals surface area contributed by atoms with Gasteiger partial charge in [-0.15, -0.1) is 0 Å². The number of hydrogen-bond donors (Lipinski definition) is 2. The molecule has 0 aliphatic heterocycles. The molecule has 1 aromatic carbocycles. The Morgan fingerprint density at radius 3 is 1.86 bits per heavy atom. The fraction of sp³-hybridized carbons (Fsp3) is 0.500. The van der Waals surface area contributed by atoms with Gasteiger partial charge in [-0.05, 0) is 5.56 Å². The van der Waals surface area contributed by atoms with Crippen molar-refractivity contribution in [2.45, 2.75) is 33.8 Å². The van der Waals surface area contributed by atoms with Gasteiger partial charge in [-0.25, -0.2) is 0 Å². The lowest BCUT2D eigenvalue weighted by atomic mass is 10.1. The second kappa shape index (κ2) is 12.1. The summed E-state index contributed by atoms with van der Waals surface area (Å²) in [4.78, 5) is 0. The Labute approximate surface area is 87.8 Å². The molecule has 0 saturated carbocycles. The molecule has 0 amide bonds. The minimum Gasteiger partial charge on any atom is -0.387 e. The molecule has 1 unspecified atom stereocenters. The lowest BCUT2D eigenvalue weighted by Crippen LogP contribution is -2.10. The predicted octanol–water partition coefficient (Wildman–Crippen LogP) is 2.73. The first-order chi connectivity index (χ1) is 6.84. The highest BCUT2D eigenvalue weighted by atomic mass is 16.3. The zero-order valence-corrected chi connectivity index (χ0v) is 9.70. The maximum Gasteiger partial charge on any atom is 0.0912 e. The van der Waals surface area contributed by atoms with Crippen LogP contribution >= 0.6 is 0 Å². The van der Waals surface area contributed by atoms with Crippen molar-refractivity contribution in [1.29, 1.82) is 0 Å². The second-order valence-electron chi connectivity index (χ2n) is 2.16. The van der Waals surface area contributed by atoms with Gasteiger partial charge in [0.05, 0.1) is 6.10 Å². The molecule has 14 heavy (non-hydrogen) atoms. The van der Waals surface area contributed by atoms with Crippen LogP contribution in [0.1, 0.15) is 39.4 Å². The number of rotatable bonds is 2. The largest absolute Gasteiger partial charge is 0.387 e. The SMILES string of the molecule is CC.CC.NCC(O)c1ccccc1. The summed E-state index contributed by atoms with van der Waals surface area (Å²) in [6.07, 6.45) is -0.513. The van der Waals surface area contributed by atoms with Crippen LogP contribution in [0.25, 0.3) is 0 Å². The third kappa shape index (κ3) is 6.63. The molecule has 0 fully saturated rings. The fourth-order valence-electron chi connectivity index (χ4n) is 0.811. The molecule has 0 aromatic heterocycles. The van der Waals surface area contributed by atoms with Crippen LogP contribution in [-0.4, -0.2) is 11.7 Å². The van der Waals surface area contributed by atoms with Crippen LogP contribution < -0.4 is 5.73 Å². The van der Waals surface area contributed by atoms with Crippen molar-refractivity contribution >= 4 is 0 Å². The molecule has 2 heteroatoms. The molecular weight excluding hydrogens is 174 g/mol. The Morgan fingerprint density at radius 1 is 1.07 bits per heavy atom. The van der Waals surface area contributed by atoms with E-state index in [1.165, 1.54) is 0 Å². The van der Waals surface area contributed by atoms with Crippen molar-refractivity contribution in [3.05, 3.63) is 35.9 Å². The molecule has 0 aliphatic carbocycles. The number of benzene rings is 1. The minimum absolute atomic E-state index is 0.282. The first kappa shape index (κ1) is 15.6. The summed E-state index contributed by atoms with van der Waals surface area (Å²) in [6, 6.07) is 9.39. The van der Waals surface area contributed by atoms with Crippen molar-refractivity contribution in [3.63, 3.8) is 0 Å². The molecule has 2 nitrogen and oxygen atoms in total. The van der Waals surface area contributed by atoms with Crippen LogP contribution in [0.15, 0.2) is 30.3 Å². The molecule has 0 saturated heterocycles. The van der Waals surface area contributed by atoms with E-state index in [1.54, 1.807) is 0 Å². The normalized spacial score (nSPS) is 10.1. The van der Waals surface area contributed by atoms with Crippen LogP contribution in [0.3, 0.4) is 0 Å².